The second kappa shape index (κ2) is 20.1. The summed E-state index contributed by atoms with van der Waals surface area (Å²) in [4.78, 5) is 16.0. The van der Waals surface area contributed by atoms with E-state index in [9.17, 15) is 4.79 Å². The molecule has 0 aliphatic rings. The highest BCUT2D eigenvalue weighted by Crippen LogP contribution is 2.44. The molecule has 2 aromatic carbocycles. The molecule has 0 saturated heterocycles. The van der Waals surface area contributed by atoms with Crippen molar-refractivity contribution in [2.75, 3.05) is 38.4 Å². The lowest BCUT2D eigenvalue weighted by atomic mass is 9.87. The van der Waals surface area contributed by atoms with Gasteiger partial charge in [0.1, 0.15) is 12.4 Å². The first-order chi connectivity index (χ1) is 21.2. The summed E-state index contributed by atoms with van der Waals surface area (Å²) in [7, 11) is 1.68. The van der Waals surface area contributed by atoms with Crippen LogP contribution in [-0.2, 0) is 9.47 Å². The summed E-state index contributed by atoms with van der Waals surface area (Å²) in [5.41, 5.74) is 5.92. The van der Waals surface area contributed by atoms with E-state index in [0.717, 1.165) is 65.0 Å². The number of rotatable bonds is 22. The molecule has 5 nitrogen and oxygen atoms in total. The third-order valence-corrected chi connectivity index (χ3v) is 9.39. The fraction of sp³-hybridized carbons (Fsp3) is 0.605. The van der Waals surface area contributed by atoms with Gasteiger partial charge in [-0.1, -0.05) is 85.9 Å². The SMILES string of the molecule is C=C(C(C)CC)N(c1cc(OCCOCCOC)c(C(CCC)CCCCC)cc1C)c1cccc(Br)c1C(=O)C(C)CC. The van der Waals surface area contributed by atoms with Crippen molar-refractivity contribution in [2.24, 2.45) is 11.8 Å². The summed E-state index contributed by atoms with van der Waals surface area (Å²) >= 11 is 3.74. The molecular weight excluding hydrogens is 614 g/mol. The maximum atomic E-state index is 13.8. The molecule has 3 atom stereocenters. The van der Waals surface area contributed by atoms with Gasteiger partial charge >= 0.3 is 0 Å². The van der Waals surface area contributed by atoms with Crippen molar-refractivity contribution in [1.29, 1.82) is 0 Å². The maximum absolute atomic E-state index is 13.8. The Morgan fingerprint density at radius 1 is 0.909 bits per heavy atom. The average Bonchev–Trinajstić information content (AvgIpc) is 3.02. The average molecular weight is 673 g/mol. The number of carbonyl (C=O) groups excluding carboxylic acids is 1. The largest absolute Gasteiger partial charge is 0.491 e. The number of hydrogen-bond acceptors (Lipinski definition) is 5. The van der Waals surface area contributed by atoms with Crippen molar-refractivity contribution >= 4 is 33.1 Å². The van der Waals surface area contributed by atoms with Gasteiger partial charge in [-0.25, -0.2) is 0 Å². The highest BCUT2D eigenvalue weighted by molar-refractivity contribution is 9.10. The number of carbonyl (C=O) groups is 1. The fourth-order valence-corrected chi connectivity index (χ4v) is 6.11. The molecule has 0 heterocycles. The molecule has 2 aromatic rings. The molecule has 0 aromatic heterocycles. The molecule has 0 spiro atoms. The van der Waals surface area contributed by atoms with Crippen molar-refractivity contribution in [2.45, 2.75) is 106 Å². The normalized spacial score (nSPS) is 13.4. The van der Waals surface area contributed by atoms with E-state index in [-0.39, 0.29) is 17.6 Å². The number of Topliss-reactive ketones (excluding diaryl/α,β-unsaturated/α-hetero) is 1. The van der Waals surface area contributed by atoms with Crippen LogP contribution in [-0.4, -0.2) is 39.3 Å². The van der Waals surface area contributed by atoms with Gasteiger partial charge in [0.2, 0.25) is 0 Å². The second-order valence-corrected chi connectivity index (χ2v) is 12.9. The number of hydrogen-bond donors (Lipinski definition) is 0. The Morgan fingerprint density at radius 3 is 2.25 bits per heavy atom. The van der Waals surface area contributed by atoms with E-state index in [1.165, 1.54) is 24.8 Å². The molecule has 0 radical (unpaired) electrons. The van der Waals surface area contributed by atoms with Crippen molar-refractivity contribution in [1.82, 2.24) is 0 Å². The highest BCUT2D eigenvalue weighted by Gasteiger charge is 2.29. The zero-order chi connectivity index (χ0) is 32.6. The molecular formula is C38H58BrNO4. The van der Waals surface area contributed by atoms with Gasteiger partial charge in [0.15, 0.2) is 5.78 Å². The quantitative estimate of drug-likeness (QED) is 0.0920. The Balaban J connectivity index is 2.76. The number of aryl methyl sites for hydroxylation is 1. The van der Waals surface area contributed by atoms with Crippen molar-refractivity contribution < 1.29 is 19.0 Å². The van der Waals surface area contributed by atoms with E-state index in [2.05, 4.69) is 87.2 Å². The van der Waals surface area contributed by atoms with Crippen LogP contribution in [0, 0.1) is 18.8 Å². The Labute approximate surface area is 276 Å². The third kappa shape index (κ3) is 10.5. The Bertz CT molecular complexity index is 1180. The minimum atomic E-state index is -0.0930. The molecule has 0 aliphatic carbocycles. The number of halogens is 1. The van der Waals surface area contributed by atoms with Gasteiger partial charge in [-0.2, -0.15) is 0 Å². The van der Waals surface area contributed by atoms with Crippen molar-refractivity contribution in [3.8, 4) is 5.75 Å². The molecule has 246 valence electrons. The van der Waals surface area contributed by atoms with Gasteiger partial charge in [0.25, 0.3) is 0 Å². The van der Waals surface area contributed by atoms with Crippen LogP contribution in [0.3, 0.4) is 0 Å². The van der Waals surface area contributed by atoms with Crippen molar-refractivity contribution in [3.05, 3.63) is 63.8 Å². The van der Waals surface area contributed by atoms with E-state index in [4.69, 9.17) is 14.2 Å². The zero-order valence-corrected chi connectivity index (χ0v) is 30.4. The van der Waals surface area contributed by atoms with Gasteiger partial charge in [0, 0.05) is 29.3 Å². The zero-order valence-electron chi connectivity index (χ0n) is 28.8. The first-order valence-electron chi connectivity index (χ1n) is 16.8. The Kier molecular flexibility index (Phi) is 17.4. The van der Waals surface area contributed by atoms with Crippen LogP contribution in [0.15, 0.2) is 47.1 Å². The van der Waals surface area contributed by atoms with Crippen LogP contribution in [0.1, 0.15) is 120 Å². The molecule has 0 amide bonds. The van der Waals surface area contributed by atoms with E-state index >= 15 is 0 Å². The lowest BCUT2D eigenvalue weighted by molar-refractivity contribution is 0.0542. The molecule has 3 unspecified atom stereocenters. The van der Waals surface area contributed by atoms with E-state index in [0.29, 0.717) is 37.9 Å². The molecule has 44 heavy (non-hydrogen) atoms. The second-order valence-electron chi connectivity index (χ2n) is 12.1. The monoisotopic (exact) mass is 671 g/mol. The third-order valence-electron chi connectivity index (χ3n) is 8.73. The first kappa shape index (κ1) is 38.0. The van der Waals surface area contributed by atoms with Crippen LogP contribution in [0.4, 0.5) is 11.4 Å². The first-order valence-corrected chi connectivity index (χ1v) is 17.6. The molecule has 2 rings (SSSR count). The predicted octanol–water partition coefficient (Wildman–Crippen LogP) is 11.2. The van der Waals surface area contributed by atoms with Crippen LogP contribution in [0.25, 0.3) is 0 Å². The van der Waals surface area contributed by atoms with Crippen LogP contribution < -0.4 is 9.64 Å². The number of benzene rings is 2. The smallest absolute Gasteiger partial charge is 0.168 e. The number of ketones is 1. The highest BCUT2D eigenvalue weighted by atomic mass is 79.9. The van der Waals surface area contributed by atoms with Gasteiger partial charge in [-0.3, -0.25) is 4.79 Å². The molecule has 0 N–H and O–H groups in total. The van der Waals surface area contributed by atoms with Crippen LogP contribution in [0.5, 0.6) is 5.75 Å². The van der Waals surface area contributed by atoms with Gasteiger partial charge < -0.3 is 19.1 Å². The number of ether oxygens (including phenoxy) is 3. The lowest BCUT2D eigenvalue weighted by Crippen LogP contribution is -2.25. The Morgan fingerprint density at radius 2 is 1.61 bits per heavy atom. The van der Waals surface area contributed by atoms with Crippen molar-refractivity contribution in [3.63, 3.8) is 0 Å². The summed E-state index contributed by atoms with van der Waals surface area (Å²) < 4.78 is 18.2. The summed E-state index contributed by atoms with van der Waals surface area (Å²) in [6.07, 6.45) is 8.74. The molecule has 0 fully saturated rings. The number of methoxy groups -OCH3 is 1. The van der Waals surface area contributed by atoms with Crippen LogP contribution in [0.2, 0.25) is 0 Å². The number of anilines is 2. The topological polar surface area (TPSA) is 48.0 Å². The predicted molar refractivity (Wildman–Crippen MR) is 190 cm³/mol. The van der Waals surface area contributed by atoms with E-state index in [1.54, 1.807) is 7.11 Å². The standard InChI is InChI=1S/C38H58BrNO4/c1-10-14-15-18-31(17-11-2)32-25-29(7)35(26-36(32)44-24-23-43-22-21-42-9)40(30(8)27(5)12-3)34-20-16-19-33(39)37(34)38(41)28(6)13-4/h16,19-20,25-28,31H,8,10-15,17-18,21-24H2,1-7,9H3. The minimum Gasteiger partial charge on any atom is -0.491 e. The number of nitrogens with zero attached hydrogens (tertiary/aromatic N) is 1. The molecule has 0 bridgehead atoms. The number of unbranched alkanes of at least 4 members (excludes halogenated alkanes) is 2. The van der Waals surface area contributed by atoms with E-state index < -0.39 is 0 Å². The van der Waals surface area contributed by atoms with Gasteiger partial charge in [-0.15, -0.1) is 0 Å². The maximum Gasteiger partial charge on any atom is 0.168 e. The molecule has 0 aliphatic heterocycles. The van der Waals surface area contributed by atoms with Gasteiger partial charge in [-0.05, 0) is 83.6 Å². The van der Waals surface area contributed by atoms with Crippen LogP contribution >= 0.6 is 15.9 Å². The van der Waals surface area contributed by atoms with Gasteiger partial charge in [0.05, 0.1) is 36.8 Å². The fourth-order valence-electron chi connectivity index (χ4n) is 5.55. The minimum absolute atomic E-state index is 0.0930. The number of allylic oxidation sites excluding steroid dienone is 1. The summed E-state index contributed by atoms with van der Waals surface area (Å²) in [6.45, 7) is 21.8. The molecule has 0 saturated carbocycles. The molecule has 6 heteroatoms. The Hall–Kier alpha value is -2.15. The summed E-state index contributed by atoms with van der Waals surface area (Å²) in [6, 6.07) is 10.5. The summed E-state index contributed by atoms with van der Waals surface area (Å²) in [5, 5.41) is 0. The van der Waals surface area contributed by atoms with E-state index in [1.807, 2.05) is 19.1 Å². The lowest BCUT2D eigenvalue weighted by Gasteiger charge is -2.34. The summed E-state index contributed by atoms with van der Waals surface area (Å²) in [5.74, 6) is 1.56.